The van der Waals surface area contributed by atoms with Crippen molar-refractivity contribution in [1.82, 2.24) is 24.1 Å². The van der Waals surface area contributed by atoms with E-state index >= 15 is 0 Å². The first-order valence-corrected chi connectivity index (χ1v) is 22.4. The molecule has 0 bridgehead atoms. The summed E-state index contributed by atoms with van der Waals surface area (Å²) in [5.74, 6) is 1.87. The summed E-state index contributed by atoms with van der Waals surface area (Å²) in [5, 5.41) is 7.22. The third kappa shape index (κ3) is 5.73. The molecule has 5 nitrogen and oxygen atoms in total. The Kier molecular flexibility index (Phi) is 8.23. The highest BCUT2D eigenvalue weighted by atomic mass is 32.1. The van der Waals surface area contributed by atoms with Gasteiger partial charge in [0.2, 0.25) is 0 Å². The van der Waals surface area contributed by atoms with Gasteiger partial charge in [0.05, 0.1) is 27.8 Å². The van der Waals surface area contributed by atoms with Crippen molar-refractivity contribution in [3.8, 4) is 56.7 Å². The zero-order valence-corrected chi connectivity index (χ0v) is 35.6. The van der Waals surface area contributed by atoms with Crippen molar-refractivity contribution in [2.75, 3.05) is 0 Å². The zero-order chi connectivity index (χ0) is 42.3. The lowest BCUT2D eigenvalue weighted by atomic mass is 10.0. The Labute approximate surface area is 372 Å². The molecule has 0 atom stereocenters. The molecule has 0 radical (unpaired) electrons. The van der Waals surface area contributed by atoms with E-state index in [1.54, 1.807) is 0 Å². The molecular weight excluding hydrogens is 799 g/mol. The molecule has 0 aliphatic heterocycles. The molecule has 0 spiro atoms. The van der Waals surface area contributed by atoms with Gasteiger partial charge in [-0.3, -0.25) is 0 Å². The van der Waals surface area contributed by atoms with Crippen LogP contribution in [0.2, 0.25) is 0 Å². The summed E-state index contributed by atoms with van der Waals surface area (Å²) in [6.45, 7) is 2.14. The van der Waals surface area contributed by atoms with E-state index in [2.05, 4.69) is 216 Å². The number of aromatic nitrogens is 5. The van der Waals surface area contributed by atoms with Crippen LogP contribution in [0.3, 0.4) is 0 Å². The van der Waals surface area contributed by atoms with Gasteiger partial charge in [0.25, 0.3) is 0 Å². The Morgan fingerprint density at radius 1 is 0.375 bits per heavy atom. The first-order valence-electron chi connectivity index (χ1n) is 21.6. The standard InChI is InChI=1S/C58H37N5S/c1-36-24-31-50(63-48-21-11-8-18-42(48)44-30-32-51-54(55(44)63)45-20-9-12-22-49(45)62(51)41-16-6-3-7-17-41)47(34-36)58-60-56(39-27-25-38(26-28-39)37-14-4-2-5-15-37)59-57(61-58)40-29-33-53-46(35-40)43-19-10-13-23-52(43)64-53/h2-35H,1H3. The second-order valence-electron chi connectivity index (χ2n) is 16.5. The maximum absolute atomic E-state index is 5.43. The molecule has 4 aromatic heterocycles. The average Bonchev–Trinajstić information content (AvgIpc) is 4.02. The highest BCUT2D eigenvalue weighted by Gasteiger charge is 2.24. The Bertz CT molecular complexity index is 3960. The summed E-state index contributed by atoms with van der Waals surface area (Å²) in [5.41, 5.74) is 12.9. The number of thiophene rings is 1. The van der Waals surface area contributed by atoms with Gasteiger partial charge in [-0.25, -0.2) is 15.0 Å². The lowest BCUT2D eigenvalue weighted by Crippen LogP contribution is -2.04. The summed E-state index contributed by atoms with van der Waals surface area (Å²) in [7, 11) is 0. The van der Waals surface area contributed by atoms with Crippen molar-refractivity contribution in [2.24, 2.45) is 0 Å². The highest BCUT2D eigenvalue weighted by molar-refractivity contribution is 7.25. The molecule has 0 aliphatic rings. The monoisotopic (exact) mass is 835 g/mol. The lowest BCUT2D eigenvalue weighted by molar-refractivity contribution is 1.06. The third-order valence-electron chi connectivity index (χ3n) is 12.6. The van der Waals surface area contributed by atoms with E-state index in [9.17, 15) is 0 Å². The molecule has 13 rings (SSSR count). The van der Waals surface area contributed by atoms with Crippen molar-refractivity contribution < 1.29 is 0 Å². The second-order valence-corrected chi connectivity index (χ2v) is 17.6. The molecule has 64 heavy (non-hydrogen) atoms. The van der Waals surface area contributed by atoms with Crippen molar-refractivity contribution in [1.29, 1.82) is 0 Å². The van der Waals surface area contributed by atoms with Gasteiger partial charge < -0.3 is 9.13 Å². The minimum atomic E-state index is 0.617. The van der Waals surface area contributed by atoms with Crippen LogP contribution >= 0.6 is 11.3 Å². The maximum Gasteiger partial charge on any atom is 0.166 e. The first-order chi connectivity index (χ1) is 31.6. The van der Waals surface area contributed by atoms with Crippen LogP contribution in [0.15, 0.2) is 206 Å². The molecule has 4 heterocycles. The molecule has 300 valence electrons. The molecule has 0 fully saturated rings. The van der Waals surface area contributed by atoms with Gasteiger partial charge in [-0.1, -0.05) is 145 Å². The van der Waals surface area contributed by atoms with Crippen molar-refractivity contribution in [3.05, 3.63) is 212 Å². The number of hydrogen-bond donors (Lipinski definition) is 0. The SMILES string of the molecule is Cc1ccc(-n2c3ccccc3c3ccc4c(c5ccccc5n4-c4ccccc4)c32)c(-c2nc(-c3ccc(-c4ccccc4)cc3)nc(-c3ccc4sc5ccccc5c4c3)n2)c1. The van der Waals surface area contributed by atoms with Gasteiger partial charge in [0, 0.05) is 64.1 Å². The number of benzene rings is 9. The molecule has 0 unspecified atom stereocenters. The van der Waals surface area contributed by atoms with E-state index in [0.29, 0.717) is 17.5 Å². The minimum Gasteiger partial charge on any atom is -0.309 e. The molecule has 0 saturated carbocycles. The Morgan fingerprint density at radius 3 is 1.77 bits per heavy atom. The van der Waals surface area contributed by atoms with Crippen LogP contribution in [0.25, 0.3) is 120 Å². The van der Waals surface area contributed by atoms with Crippen LogP contribution in [-0.2, 0) is 0 Å². The average molecular weight is 836 g/mol. The Morgan fingerprint density at radius 2 is 0.969 bits per heavy atom. The first kappa shape index (κ1) is 36.5. The molecule has 0 N–H and O–H groups in total. The normalized spacial score (nSPS) is 11.8. The zero-order valence-electron chi connectivity index (χ0n) is 34.8. The molecule has 0 aliphatic carbocycles. The summed E-state index contributed by atoms with van der Waals surface area (Å²) in [6.07, 6.45) is 0. The topological polar surface area (TPSA) is 48.5 Å². The largest absolute Gasteiger partial charge is 0.309 e. The van der Waals surface area contributed by atoms with Crippen LogP contribution in [-0.4, -0.2) is 24.1 Å². The van der Waals surface area contributed by atoms with Crippen LogP contribution in [0.1, 0.15) is 5.56 Å². The van der Waals surface area contributed by atoms with Gasteiger partial charge in [-0.2, -0.15) is 0 Å². The van der Waals surface area contributed by atoms with Crippen molar-refractivity contribution >= 4 is 75.1 Å². The number of para-hydroxylation sites is 3. The van der Waals surface area contributed by atoms with Gasteiger partial charge in [0.1, 0.15) is 0 Å². The fourth-order valence-electron chi connectivity index (χ4n) is 9.70. The van der Waals surface area contributed by atoms with E-state index in [0.717, 1.165) is 61.3 Å². The Hall–Kier alpha value is -8.19. The molecule has 6 heteroatoms. The maximum atomic E-state index is 5.43. The summed E-state index contributed by atoms with van der Waals surface area (Å²) in [6, 6.07) is 73.7. The summed E-state index contributed by atoms with van der Waals surface area (Å²) < 4.78 is 7.35. The number of hydrogen-bond acceptors (Lipinski definition) is 4. The van der Waals surface area contributed by atoms with Gasteiger partial charge >= 0.3 is 0 Å². The minimum absolute atomic E-state index is 0.617. The number of aryl methyl sites for hydroxylation is 1. The van der Waals surface area contributed by atoms with E-state index in [1.165, 1.54) is 47.3 Å². The molecule has 0 saturated heterocycles. The van der Waals surface area contributed by atoms with Crippen LogP contribution in [0.5, 0.6) is 0 Å². The Balaban J connectivity index is 1.09. The van der Waals surface area contributed by atoms with Crippen molar-refractivity contribution in [2.45, 2.75) is 6.92 Å². The van der Waals surface area contributed by atoms with Crippen LogP contribution in [0.4, 0.5) is 0 Å². The number of fused-ring (bicyclic) bond motifs is 10. The molecule has 9 aromatic carbocycles. The van der Waals surface area contributed by atoms with E-state index in [4.69, 9.17) is 15.0 Å². The quantitative estimate of drug-likeness (QED) is 0.168. The predicted octanol–water partition coefficient (Wildman–Crippen LogP) is 15.4. The fourth-order valence-corrected chi connectivity index (χ4v) is 10.8. The predicted molar refractivity (Wildman–Crippen MR) is 268 cm³/mol. The van der Waals surface area contributed by atoms with Gasteiger partial charge in [-0.05, 0) is 84.8 Å². The van der Waals surface area contributed by atoms with Crippen LogP contribution in [0, 0.1) is 6.92 Å². The van der Waals surface area contributed by atoms with Crippen LogP contribution < -0.4 is 0 Å². The lowest BCUT2D eigenvalue weighted by Gasteiger charge is -2.16. The number of rotatable bonds is 6. The number of nitrogens with zero attached hydrogens (tertiary/aromatic N) is 5. The fraction of sp³-hybridized carbons (Fsp3) is 0.0172. The van der Waals surface area contributed by atoms with E-state index < -0.39 is 0 Å². The highest BCUT2D eigenvalue weighted by Crippen LogP contribution is 2.44. The van der Waals surface area contributed by atoms with Gasteiger partial charge in [0.15, 0.2) is 17.5 Å². The van der Waals surface area contributed by atoms with E-state index in [1.807, 2.05) is 17.4 Å². The van der Waals surface area contributed by atoms with E-state index in [-0.39, 0.29) is 0 Å². The summed E-state index contributed by atoms with van der Waals surface area (Å²) in [4.78, 5) is 16.1. The second kappa shape index (κ2) is 14.4. The summed E-state index contributed by atoms with van der Waals surface area (Å²) >= 11 is 1.81. The molecule has 13 aromatic rings. The smallest absolute Gasteiger partial charge is 0.166 e. The molecular formula is C58H37N5S. The third-order valence-corrected chi connectivity index (χ3v) is 13.8. The molecule has 0 amide bonds. The van der Waals surface area contributed by atoms with Crippen molar-refractivity contribution in [3.63, 3.8) is 0 Å². The van der Waals surface area contributed by atoms with Gasteiger partial charge in [-0.15, -0.1) is 11.3 Å².